The van der Waals surface area contributed by atoms with Crippen LogP contribution in [0, 0.1) is 5.41 Å². The summed E-state index contributed by atoms with van der Waals surface area (Å²) in [7, 11) is 0. The van der Waals surface area contributed by atoms with Crippen molar-refractivity contribution in [2.75, 3.05) is 5.06 Å². The molecule has 1 aromatic carbocycles. The third-order valence-electron chi connectivity index (χ3n) is 6.99. The van der Waals surface area contributed by atoms with Crippen LogP contribution in [0.25, 0.3) is 0 Å². The van der Waals surface area contributed by atoms with Crippen LogP contribution in [0.15, 0.2) is 42.6 Å². The van der Waals surface area contributed by atoms with Crippen molar-refractivity contribution in [3.63, 3.8) is 0 Å². The van der Waals surface area contributed by atoms with Crippen LogP contribution in [0.4, 0.5) is 5.69 Å². The SMILES string of the molecule is CCc1nccc(N(OCc2ccccc2)C2CCC3(CCCCC3)CC2)c1Cl. The van der Waals surface area contributed by atoms with E-state index in [1.165, 1.54) is 63.4 Å². The summed E-state index contributed by atoms with van der Waals surface area (Å²) in [4.78, 5) is 10.9. The Bertz CT molecular complexity index is 779. The molecule has 0 unspecified atom stereocenters. The Balaban J connectivity index is 1.53. The molecule has 0 radical (unpaired) electrons. The highest BCUT2D eigenvalue weighted by molar-refractivity contribution is 6.33. The van der Waals surface area contributed by atoms with Gasteiger partial charge in [0.05, 0.1) is 29.1 Å². The van der Waals surface area contributed by atoms with Gasteiger partial charge in [-0.2, -0.15) is 0 Å². The zero-order valence-corrected chi connectivity index (χ0v) is 18.3. The van der Waals surface area contributed by atoms with Gasteiger partial charge in [0.2, 0.25) is 0 Å². The molecule has 4 rings (SSSR count). The molecule has 4 heteroatoms. The maximum absolute atomic E-state index is 6.76. The number of hydrogen-bond acceptors (Lipinski definition) is 3. The highest BCUT2D eigenvalue weighted by Crippen LogP contribution is 2.49. The van der Waals surface area contributed by atoms with Gasteiger partial charge in [0.15, 0.2) is 0 Å². The standard InChI is InChI=1S/C25H33ClN2O/c1-2-22-24(26)23(13-18-27-22)28(29-19-20-9-5-3-6-10-20)21-11-16-25(17-12-21)14-7-4-8-15-25/h3,5-6,9-10,13,18,21H,2,4,7-8,11-12,14-17,19H2,1H3. The average Bonchev–Trinajstić information content (AvgIpc) is 2.77. The third kappa shape index (κ3) is 4.78. The molecule has 2 saturated carbocycles. The fourth-order valence-corrected chi connectivity index (χ4v) is 5.56. The van der Waals surface area contributed by atoms with Crippen LogP contribution >= 0.6 is 11.6 Å². The van der Waals surface area contributed by atoms with Gasteiger partial charge in [-0.25, -0.2) is 5.06 Å². The molecule has 0 N–H and O–H groups in total. The predicted octanol–water partition coefficient (Wildman–Crippen LogP) is 7.13. The van der Waals surface area contributed by atoms with Crippen LogP contribution in [-0.2, 0) is 17.9 Å². The molecule has 2 aromatic rings. The van der Waals surface area contributed by atoms with Gasteiger partial charge in [0.1, 0.15) is 0 Å². The van der Waals surface area contributed by atoms with Crippen molar-refractivity contribution in [3.8, 4) is 0 Å². The maximum atomic E-state index is 6.76. The smallest absolute Gasteiger partial charge is 0.0999 e. The molecular weight excluding hydrogens is 380 g/mol. The Labute approximate surface area is 180 Å². The molecule has 0 saturated heterocycles. The van der Waals surface area contributed by atoms with E-state index in [0.717, 1.165) is 22.8 Å². The van der Waals surface area contributed by atoms with Crippen LogP contribution in [0.1, 0.15) is 76.0 Å². The zero-order valence-electron chi connectivity index (χ0n) is 17.6. The second kappa shape index (κ2) is 9.49. The van der Waals surface area contributed by atoms with Crippen molar-refractivity contribution in [3.05, 3.63) is 58.9 Å². The number of rotatable bonds is 6. The van der Waals surface area contributed by atoms with E-state index < -0.39 is 0 Å². The van der Waals surface area contributed by atoms with Gasteiger partial charge < -0.3 is 0 Å². The molecule has 3 nitrogen and oxygen atoms in total. The first kappa shape index (κ1) is 20.7. The van der Waals surface area contributed by atoms with E-state index in [1.54, 1.807) is 0 Å². The molecule has 2 aliphatic carbocycles. The van der Waals surface area contributed by atoms with Crippen LogP contribution < -0.4 is 5.06 Å². The molecule has 0 amide bonds. The Morgan fingerprint density at radius 2 is 1.76 bits per heavy atom. The quantitative estimate of drug-likeness (QED) is 0.472. The lowest BCUT2D eigenvalue weighted by Gasteiger charge is -2.45. The lowest BCUT2D eigenvalue weighted by atomic mass is 9.64. The minimum Gasteiger partial charge on any atom is -0.268 e. The largest absolute Gasteiger partial charge is 0.268 e. The van der Waals surface area contributed by atoms with E-state index >= 15 is 0 Å². The molecule has 0 atom stereocenters. The Kier molecular flexibility index (Phi) is 6.77. The fourth-order valence-electron chi connectivity index (χ4n) is 5.23. The fraction of sp³-hybridized carbons (Fsp3) is 0.560. The topological polar surface area (TPSA) is 25.4 Å². The van der Waals surface area contributed by atoms with Crippen molar-refractivity contribution in [2.24, 2.45) is 5.41 Å². The summed E-state index contributed by atoms with van der Waals surface area (Å²) in [5, 5.41) is 2.85. The average molecular weight is 413 g/mol. The summed E-state index contributed by atoms with van der Waals surface area (Å²) in [5.74, 6) is 0. The highest BCUT2D eigenvalue weighted by Gasteiger charge is 2.38. The molecular formula is C25H33ClN2O. The number of halogens is 1. The van der Waals surface area contributed by atoms with Crippen LogP contribution in [0.2, 0.25) is 5.02 Å². The second-order valence-corrected chi connectivity index (χ2v) is 9.20. The maximum Gasteiger partial charge on any atom is 0.0999 e. The minimum absolute atomic E-state index is 0.371. The van der Waals surface area contributed by atoms with E-state index in [9.17, 15) is 0 Å². The molecule has 2 fully saturated rings. The molecule has 1 aromatic heterocycles. The molecule has 156 valence electrons. The van der Waals surface area contributed by atoms with Crippen molar-refractivity contribution >= 4 is 17.3 Å². The summed E-state index contributed by atoms with van der Waals surface area (Å²) >= 11 is 6.76. The number of aryl methyl sites for hydroxylation is 1. The third-order valence-corrected chi connectivity index (χ3v) is 7.40. The van der Waals surface area contributed by atoms with E-state index in [4.69, 9.17) is 16.4 Å². The second-order valence-electron chi connectivity index (χ2n) is 8.82. The van der Waals surface area contributed by atoms with Gasteiger partial charge in [-0.05, 0) is 62.0 Å². The first-order valence-electron chi connectivity index (χ1n) is 11.3. The molecule has 0 bridgehead atoms. The number of hydroxylamine groups is 1. The zero-order chi connectivity index (χ0) is 20.1. The number of benzene rings is 1. The number of nitrogens with zero attached hydrogens (tertiary/aromatic N) is 2. The summed E-state index contributed by atoms with van der Waals surface area (Å²) < 4.78 is 0. The van der Waals surface area contributed by atoms with E-state index in [1.807, 2.05) is 18.3 Å². The van der Waals surface area contributed by atoms with Gasteiger partial charge in [0, 0.05) is 6.20 Å². The summed E-state index contributed by atoms with van der Waals surface area (Å²) in [5.41, 5.74) is 3.69. The van der Waals surface area contributed by atoms with Crippen molar-refractivity contribution in [2.45, 2.75) is 83.8 Å². The summed E-state index contributed by atoms with van der Waals surface area (Å²) in [6.07, 6.45) is 14.7. The summed E-state index contributed by atoms with van der Waals surface area (Å²) in [6, 6.07) is 12.8. The van der Waals surface area contributed by atoms with E-state index in [-0.39, 0.29) is 0 Å². The number of aromatic nitrogens is 1. The van der Waals surface area contributed by atoms with E-state index in [2.05, 4.69) is 41.2 Å². The van der Waals surface area contributed by atoms with Gasteiger partial charge in [-0.15, -0.1) is 0 Å². The van der Waals surface area contributed by atoms with Crippen molar-refractivity contribution in [1.29, 1.82) is 0 Å². The van der Waals surface area contributed by atoms with Crippen molar-refractivity contribution < 1.29 is 4.84 Å². The monoisotopic (exact) mass is 412 g/mol. The molecule has 29 heavy (non-hydrogen) atoms. The molecule has 1 spiro atoms. The van der Waals surface area contributed by atoms with Gasteiger partial charge >= 0.3 is 0 Å². The van der Waals surface area contributed by atoms with Gasteiger partial charge in [-0.1, -0.05) is 68.1 Å². The number of hydrogen-bond donors (Lipinski definition) is 0. The van der Waals surface area contributed by atoms with Gasteiger partial charge in [-0.3, -0.25) is 9.82 Å². The number of pyridine rings is 1. The van der Waals surface area contributed by atoms with Crippen LogP contribution in [0.5, 0.6) is 0 Å². The highest BCUT2D eigenvalue weighted by atomic mass is 35.5. The van der Waals surface area contributed by atoms with Crippen LogP contribution in [-0.4, -0.2) is 11.0 Å². The van der Waals surface area contributed by atoms with E-state index in [0.29, 0.717) is 18.1 Å². The minimum atomic E-state index is 0.371. The molecule has 0 aliphatic heterocycles. The first-order chi connectivity index (χ1) is 14.2. The first-order valence-corrected chi connectivity index (χ1v) is 11.7. The number of anilines is 1. The normalized spacial score (nSPS) is 19.4. The predicted molar refractivity (Wildman–Crippen MR) is 120 cm³/mol. The Morgan fingerprint density at radius 3 is 2.45 bits per heavy atom. The lowest BCUT2D eigenvalue weighted by Crippen LogP contribution is -2.42. The molecule has 2 aliphatic rings. The molecule has 1 heterocycles. The van der Waals surface area contributed by atoms with Crippen LogP contribution in [0.3, 0.4) is 0 Å². The summed E-state index contributed by atoms with van der Waals surface area (Å²) in [6.45, 7) is 2.66. The van der Waals surface area contributed by atoms with Gasteiger partial charge in [0.25, 0.3) is 0 Å². The lowest BCUT2D eigenvalue weighted by molar-refractivity contribution is 0.0369. The Hall–Kier alpha value is -1.58. The Morgan fingerprint density at radius 1 is 1.03 bits per heavy atom. The van der Waals surface area contributed by atoms with Crippen molar-refractivity contribution in [1.82, 2.24) is 4.98 Å².